The highest BCUT2D eigenvalue weighted by Gasteiger charge is 2.22. The van der Waals surface area contributed by atoms with Crippen LogP contribution in [0.3, 0.4) is 0 Å². The maximum Gasteiger partial charge on any atom is 0.206 e. The molecule has 0 aliphatic rings. The first-order valence-corrected chi connectivity index (χ1v) is 7.39. The smallest absolute Gasteiger partial charge is 0.206 e. The molecule has 0 N–H and O–H groups in total. The Morgan fingerprint density at radius 1 is 0.857 bits per heavy atom. The normalized spacial score (nSPS) is 11.5. The molecule has 0 unspecified atom stereocenters. The number of rotatable bonds is 3. The zero-order valence-corrected chi connectivity index (χ0v) is 12.1. The van der Waals surface area contributed by atoms with E-state index in [1.165, 1.54) is 12.1 Å². The topological polar surface area (TPSA) is 37.4 Å². The third kappa shape index (κ3) is 2.87. The summed E-state index contributed by atoms with van der Waals surface area (Å²) < 4.78 is 63.8. The minimum absolute atomic E-state index is 0.126. The van der Waals surface area contributed by atoms with Crippen molar-refractivity contribution in [2.75, 3.05) is 19.0 Å². The van der Waals surface area contributed by atoms with Gasteiger partial charge < -0.3 is 4.90 Å². The molecule has 0 heterocycles. The molecule has 0 saturated carbocycles. The van der Waals surface area contributed by atoms with E-state index in [9.17, 15) is 21.6 Å². The summed E-state index contributed by atoms with van der Waals surface area (Å²) in [5.41, 5.74) is 0.769. The monoisotopic (exact) mass is 315 g/mol. The Morgan fingerprint density at radius 3 is 1.76 bits per heavy atom. The molecule has 0 aromatic heterocycles. The van der Waals surface area contributed by atoms with E-state index in [1.54, 1.807) is 31.1 Å². The highest BCUT2D eigenvalue weighted by Crippen LogP contribution is 2.25. The molecule has 0 atom stereocenters. The summed E-state index contributed by atoms with van der Waals surface area (Å²) in [7, 11) is -0.536. The summed E-state index contributed by atoms with van der Waals surface area (Å²) in [5, 5.41) is 0. The van der Waals surface area contributed by atoms with E-state index < -0.39 is 32.2 Å². The van der Waals surface area contributed by atoms with Crippen LogP contribution >= 0.6 is 0 Å². The van der Waals surface area contributed by atoms with E-state index in [-0.39, 0.29) is 4.90 Å². The van der Waals surface area contributed by atoms with Gasteiger partial charge in [-0.05, 0) is 36.4 Å². The molecule has 0 aliphatic heterocycles. The number of hydrogen-bond donors (Lipinski definition) is 0. The Balaban J connectivity index is 2.52. The first-order chi connectivity index (χ1) is 9.73. The predicted octanol–water partition coefficient (Wildman–Crippen LogP) is 3.00. The van der Waals surface area contributed by atoms with Crippen LogP contribution in [0.5, 0.6) is 0 Å². The van der Waals surface area contributed by atoms with Gasteiger partial charge in [-0.2, -0.15) is 0 Å². The molecule has 3 nitrogen and oxygen atoms in total. The number of benzene rings is 2. The van der Waals surface area contributed by atoms with E-state index in [2.05, 4.69) is 0 Å². The number of anilines is 1. The van der Waals surface area contributed by atoms with Crippen LogP contribution in [0.25, 0.3) is 0 Å². The zero-order chi connectivity index (χ0) is 15.8. The lowest BCUT2D eigenvalue weighted by atomic mass is 10.3. The van der Waals surface area contributed by atoms with Crippen molar-refractivity contribution in [1.29, 1.82) is 0 Å². The number of nitrogens with zero attached hydrogens (tertiary/aromatic N) is 1. The van der Waals surface area contributed by atoms with E-state index >= 15 is 0 Å². The van der Waals surface area contributed by atoms with Crippen molar-refractivity contribution < 1.29 is 21.6 Å². The van der Waals surface area contributed by atoms with E-state index in [0.29, 0.717) is 12.1 Å². The van der Waals surface area contributed by atoms with Crippen LogP contribution in [-0.4, -0.2) is 22.5 Å². The minimum atomic E-state index is -4.11. The quantitative estimate of drug-likeness (QED) is 0.645. The third-order valence-electron chi connectivity index (χ3n) is 2.93. The van der Waals surface area contributed by atoms with Crippen LogP contribution in [0.1, 0.15) is 0 Å². The summed E-state index contributed by atoms with van der Waals surface area (Å²) >= 11 is 0. The van der Waals surface area contributed by atoms with Crippen molar-refractivity contribution in [3.63, 3.8) is 0 Å². The van der Waals surface area contributed by atoms with Gasteiger partial charge >= 0.3 is 0 Å². The van der Waals surface area contributed by atoms with Crippen LogP contribution in [0.4, 0.5) is 18.9 Å². The Hall–Kier alpha value is -2.02. The lowest BCUT2D eigenvalue weighted by Crippen LogP contribution is -2.09. The van der Waals surface area contributed by atoms with Crippen molar-refractivity contribution in [1.82, 2.24) is 0 Å². The lowest BCUT2D eigenvalue weighted by Gasteiger charge is -2.13. The molecule has 21 heavy (non-hydrogen) atoms. The Labute approximate surface area is 120 Å². The summed E-state index contributed by atoms with van der Waals surface area (Å²) in [6, 6.07) is 6.70. The number of hydrogen-bond acceptors (Lipinski definition) is 3. The van der Waals surface area contributed by atoms with Crippen molar-refractivity contribution in [3.05, 3.63) is 53.8 Å². The summed E-state index contributed by atoms with van der Waals surface area (Å²) in [4.78, 5) is 1.02. The van der Waals surface area contributed by atoms with E-state index in [0.717, 1.165) is 5.69 Å². The van der Waals surface area contributed by atoms with E-state index in [4.69, 9.17) is 0 Å². The number of sulfone groups is 1. The fourth-order valence-electron chi connectivity index (χ4n) is 1.75. The summed E-state index contributed by atoms with van der Waals surface area (Å²) in [6.45, 7) is 0. The predicted molar refractivity (Wildman–Crippen MR) is 72.5 cm³/mol. The van der Waals surface area contributed by atoms with Gasteiger partial charge in [0.25, 0.3) is 0 Å². The van der Waals surface area contributed by atoms with Gasteiger partial charge in [0.1, 0.15) is 0 Å². The standard InChI is InChI=1S/C14H12F3NO2S/c1-18(2)9-3-5-10(6-4-9)21(19,20)11-7-12(15)14(17)13(16)8-11/h3-8H,1-2H3. The molecule has 112 valence electrons. The first-order valence-electron chi connectivity index (χ1n) is 5.90. The molecule has 0 aliphatic carbocycles. The Morgan fingerprint density at radius 2 is 1.33 bits per heavy atom. The maximum atomic E-state index is 13.2. The second-order valence-corrected chi connectivity index (χ2v) is 6.54. The van der Waals surface area contributed by atoms with Gasteiger partial charge in [-0.15, -0.1) is 0 Å². The van der Waals surface area contributed by atoms with Crippen molar-refractivity contribution in [2.24, 2.45) is 0 Å². The molecule has 0 saturated heterocycles. The van der Waals surface area contributed by atoms with Gasteiger partial charge in [-0.1, -0.05) is 0 Å². The van der Waals surface area contributed by atoms with Crippen LogP contribution in [-0.2, 0) is 9.84 Å². The van der Waals surface area contributed by atoms with Crippen molar-refractivity contribution >= 4 is 15.5 Å². The van der Waals surface area contributed by atoms with Crippen molar-refractivity contribution in [2.45, 2.75) is 9.79 Å². The maximum absolute atomic E-state index is 13.2. The molecule has 7 heteroatoms. The molecule has 0 bridgehead atoms. The third-order valence-corrected chi connectivity index (χ3v) is 4.68. The van der Waals surface area contributed by atoms with Gasteiger partial charge in [0.2, 0.25) is 9.84 Å². The van der Waals surface area contributed by atoms with Crippen LogP contribution < -0.4 is 4.90 Å². The molecule has 0 fully saturated rings. The molecular formula is C14H12F3NO2S. The Bertz CT molecular complexity index is 748. The Kier molecular flexibility index (Phi) is 3.95. The fraction of sp³-hybridized carbons (Fsp3) is 0.143. The molecule has 2 aromatic rings. The second-order valence-electron chi connectivity index (χ2n) is 4.59. The molecular weight excluding hydrogens is 303 g/mol. The second kappa shape index (κ2) is 5.40. The van der Waals surface area contributed by atoms with Gasteiger partial charge in [-0.25, -0.2) is 21.6 Å². The first kappa shape index (κ1) is 15.4. The summed E-state index contributed by atoms with van der Waals surface area (Å²) in [5.74, 6) is -4.78. The lowest BCUT2D eigenvalue weighted by molar-refractivity contribution is 0.442. The van der Waals surface area contributed by atoms with Gasteiger partial charge in [0.05, 0.1) is 9.79 Å². The highest BCUT2D eigenvalue weighted by molar-refractivity contribution is 7.91. The van der Waals surface area contributed by atoms with E-state index in [1.807, 2.05) is 0 Å². The van der Waals surface area contributed by atoms with Crippen molar-refractivity contribution in [3.8, 4) is 0 Å². The van der Waals surface area contributed by atoms with Crippen LogP contribution in [0.15, 0.2) is 46.2 Å². The zero-order valence-electron chi connectivity index (χ0n) is 11.3. The largest absolute Gasteiger partial charge is 0.378 e. The molecule has 2 aromatic carbocycles. The SMILES string of the molecule is CN(C)c1ccc(S(=O)(=O)c2cc(F)c(F)c(F)c2)cc1. The fourth-order valence-corrected chi connectivity index (χ4v) is 3.03. The van der Waals surface area contributed by atoms with Crippen LogP contribution in [0.2, 0.25) is 0 Å². The minimum Gasteiger partial charge on any atom is -0.378 e. The van der Waals surface area contributed by atoms with Crippen LogP contribution in [0, 0.1) is 17.5 Å². The molecule has 0 spiro atoms. The average molecular weight is 315 g/mol. The number of halogens is 3. The molecule has 2 rings (SSSR count). The molecule has 0 radical (unpaired) electrons. The van der Waals surface area contributed by atoms with Gasteiger partial charge in [0, 0.05) is 19.8 Å². The summed E-state index contributed by atoms with van der Waals surface area (Å²) in [6.07, 6.45) is 0. The van der Waals surface area contributed by atoms with Gasteiger partial charge in [-0.3, -0.25) is 0 Å². The highest BCUT2D eigenvalue weighted by atomic mass is 32.2. The van der Waals surface area contributed by atoms with Gasteiger partial charge in [0.15, 0.2) is 17.5 Å². The average Bonchev–Trinajstić information content (AvgIpc) is 2.44. The molecule has 0 amide bonds.